The molecule has 2 aliphatic heterocycles. The summed E-state index contributed by atoms with van der Waals surface area (Å²) in [6.07, 6.45) is 10.2. The van der Waals surface area contributed by atoms with Crippen molar-refractivity contribution in [3.63, 3.8) is 0 Å². The topological polar surface area (TPSA) is 35.5 Å². The summed E-state index contributed by atoms with van der Waals surface area (Å²) in [6, 6.07) is 0. The molecule has 0 aromatic heterocycles. The van der Waals surface area contributed by atoms with Crippen LogP contribution in [0.4, 0.5) is 0 Å². The summed E-state index contributed by atoms with van der Waals surface area (Å²) >= 11 is 0. The van der Waals surface area contributed by atoms with Crippen LogP contribution >= 0.6 is 0 Å². The molecule has 0 bridgehead atoms. The monoisotopic (exact) mass is 318 g/mol. The number of Topliss-reactive ketones (excluding diaryl/α,β-unsaturated/α-hetero) is 1. The number of ketones is 1. The van der Waals surface area contributed by atoms with Gasteiger partial charge in [-0.15, -0.1) is 0 Å². The highest BCUT2D eigenvalue weighted by atomic mass is 16.6. The Kier molecular flexibility index (Phi) is 3.15. The lowest BCUT2D eigenvalue weighted by molar-refractivity contribution is -0.234. The van der Waals surface area contributed by atoms with E-state index in [1.807, 2.05) is 0 Å². The minimum absolute atomic E-state index is 0.00831. The fraction of sp³-hybridized carbons (Fsp3) is 0.850. The number of hydrogen-bond donors (Lipinski definition) is 0. The van der Waals surface area contributed by atoms with Crippen LogP contribution in [-0.2, 0) is 14.3 Å². The highest BCUT2D eigenvalue weighted by Gasteiger charge is 2.69. The van der Waals surface area contributed by atoms with Gasteiger partial charge in [-0.3, -0.25) is 4.79 Å². The van der Waals surface area contributed by atoms with Crippen molar-refractivity contribution in [2.75, 3.05) is 6.61 Å². The molecule has 2 spiro atoms. The molecule has 2 saturated carbocycles. The van der Waals surface area contributed by atoms with E-state index in [2.05, 4.69) is 33.8 Å². The third-order valence-corrected chi connectivity index (χ3v) is 7.88. The lowest BCUT2D eigenvalue weighted by Crippen LogP contribution is -2.65. The summed E-state index contributed by atoms with van der Waals surface area (Å²) in [4.78, 5) is 12.9. The standard InChI is InChI=1S/C20H30O3/c1-14-15(21)12-16-17(2,3)6-5-7-18(16,4)20(14)9-8-19(23-20)10-11-22-13-19/h10-11,14,16H,5-9,12-13H2,1-4H3/t14?,16?,18-,19+,20?/m0/s1. The first kappa shape index (κ1) is 15.7. The zero-order chi connectivity index (χ0) is 16.5. The Bertz CT molecular complexity index is 565. The van der Waals surface area contributed by atoms with E-state index >= 15 is 0 Å². The van der Waals surface area contributed by atoms with E-state index < -0.39 is 0 Å². The lowest BCUT2D eigenvalue weighted by Gasteiger charge is -2.63. The van der Waals surface area contributed by atoms with Crippen molar-refractivity contribution < 1.29 is 14.3 Å². The third-order valence-electron chi connectivity index (χ3n) is 7.88. The lowest BCUT2D eigenvalue weighted by atomic mass is 9.44. The molecule has 0 aromatic carbocycles. The average Bonchev–Trinajstić information content (AvgIpc) is 3.10. The first-order valence-corrected chi connectivity index (χ1v) is 9.27. The number of carbonyl (C=O) groups excluding carboxylic acids is 1. The van der Waals surface area contributed by atoms with Crippen LogP contribution in [0.15, 0.2) is 12.3 Å². The SMILES string of the molecule is CC1C(=O)CC2C(C)(C)CCC[C@]2(C)C12CC[C@]1(C=COC1)O2. The Morgan fingerprint density at radius 3 is 2.61 bits per heavy atom. The normalized spacial score (nSPS) is 51.2. The Morgan fingerprint density at radius 2 is 1.91 bits per heavy atom. The number of carbonyl (C=O) groups is 1. The maximum atomic E-state index is 12.9. The van der Waals surface area contributed by atoms with Gasteiger partial charge in [-0.05, 0) is 43.1 Å². The van der Waals surface area contributed by atoms with Crippen molar-refractivity contribution in [3.05, 3.63) is 12.3 Å². The summed E-state index contributed by atoms with van der Waals surface area (Å²) in [5.74, 6) is 0.822. The maximum Gasteiger partial charge on any atom is 0.138 e. The van der Waals surface area contributed by atoms with Gasteiger partial charge in [0.1, 0.15) is 18.0 Å². The summed E-state index contributed by atoms with van der Waals surface area (Å²) in [6.45, 7) is 9.86. The number of ether oxygens (including phenoxy) is 2. The van der Waals surface area contributed by atoms with E-state index in [-0.39, 0.29) is 27.9 Å². The molecular formula is C20H30O3. The predicted octanol–water partition coefficient (Wildman–Crippen LogP) is 4.26. The zero-order valence-corrected chi connectivity index (χ0v) is 15.0. The van der Waals surface area contributed by atoms with Gasteiger partial charge < -0.3 is 9.47 Å². The summed E-state index contributed by atoms with van der Waals surface area (Å²) in [7, 11) is 0. The van der Waals surface area contributed by atoms with Gasteiger partial charge in [0.25, 0.3) is 0 Å². The quantitative estimate of drug-likeness (QED) is 0.669. The summed E-state index contributed by atoms with van der Waals surface area (Å²) < 4.78 is 12.4. The first-order valence-electron chi connectivity index (χ1n) is 9.27. The van der Waals surface area contributed by atoms with Crippen molar-refractivity contribution in [2.24, 2.45) is 22.7 Å². The van der Waals surface area contributed by atoms with Crippen LogP contribution in [0, 0.1) is 22.7 Å². The van der Waals surface area contributed by atoms with Gasteiger partial charge >= 0.3 is 0 Å². The molecule has 0 N–H and O–H groups in total. The van der Waals surface area contributed by atoms with Gasteiger partial charge in [0.15, 0.2) is 0 Å². The van der Waals surface area contributed by atoms with Crippen molar-refractivity contribution >= 4 is 5.78 Å². The van der Waals surface area contributed by atoms with E-state index in [9.17, 15) is 4.79 Å². The molecule has 128 valence electrons. The second-order valence-corrected chi connectivity index (χ2v) is 9.37. The van der Waals surface area contributed by atoms with Crippen LogP contribution in [0.3, 0.4) is 0 Å². The third kappa shape index (κ3) is 1.89. The van der Waals surface area contributed by atoms with Crippen LogP contribution in [0.2, 0.25) is 0 Å². The minimum Gasteiger partial charge on any atom is -0.498 e. The van der Waals surface area contributed by atoms with Crippen LogP contribution in [-0.4, -0.2) is 23.6 Å². The molecule has 3 nitrogen and oxygen atoms in total. The zero-order valence-electron chi connectivity index (χ0n) is 15.0. The first-order chi connectivity index (χ1) is 10.7. The number of rotatable bonds is 0. The van der Waals surface area contributed by atoms with E-state index in [0.29, 0.717) is 18.3 Å². The molecule has 3 unspecified atom stereocenters. The highest BCUT2D eigenvalue weighted by molar-refractivity contribution is 5.84. The fourth-order valence-corrected chi connectivity index (χ4v) is 6.46. The van der Waals surface area contributed by atoms with Crippen LogP contribution < -0.4 is 0 Å². The number of fused-ring (bicyclic) bond motifs is 2. The van der Waals surface area contributed by atoms with Crippen LogP contribution in [0.1, 0.15) is 66.2 Å². The molecule has 2 heterocycles. The maximum absolute atomic E-state index is 12.9. The molecule has 3 heteroatoms. The van der Waals surface area contributed by atoms with E-state index in [1.165, 1.54) is 19.3 Å². The van der Waals surface area contributed by atoms with Crippen LogP contribution in [0.5, 0.6) is 0 Å². The summed E-state index contributed by atoms with van der Waals surface area (Å²) in [5, 5.41) is 0. The van der Waals surface area contributed by atoms with Crippen molar-refractivity contribution in [2.45, 2.75) is 77.4 Å². The largest absolute Gasteiger partial charge is 0.498 e. The molecule has 1 saturated heterocycles. The second kappa shape index (κ2) is 4.62. The molecule has 0 radical (unpaired) electrons. The molecule has 3 fully saturated rings. The van der Waals surface area contributed by atoms with Gasteiger partial charge in [-0.25, -0.2) is 0 Å². The minimum atomic E-state index is -0.317. The van der Waals surface area contributed by atoms with Gasteiger partial charge in [0, 0.05) is 17.8 Å². The predicted molar refractivity (Wildman–Crippen MR) is 88.9 cm³/mol. The molecule has 0 amide bonds. The van der Waals surface area contributed by atoms with E-state index in [4.69, 9.17) is 9.47 Å². The van der Waals surface area contributed by atoms with Crippen molar-refractivity contribution in [1.29, 1.82) is 0 Å². The second-order valence-electron chi connectivity index (χ2n) is 9.37. The molecule has 2 aliphatic carbocycles. The fourth-order valence-electron chi connectivity index (χ4n) is 6.46. The average molecular weight is 318 g/mol. The number of hydrogen-bond acceptors (Lipinski definition) is 3. The molecule has 23 heavy (non-hydrogen) atoms. The highest BCUT2D eigenvalue weighted by Crippen LogP contribution is 2.67. The van der Waals surface area contributed by atoms with Crippen molar-refractivity contribution in [1.82, 2.24) is 0 Å². The van der Waals surface area contributed by atoms with E-state index in [1.54, 1.807) is 6.26 Å². The van der Waals surface area contributed by atoms with E-state index in [0.717, 1.165) is 19.3 Å². The molecular weight excluding hydrogens is 288 g/mol. The van der Waals surface area contributed by atoms with Gasteiger partial charge in [-0.2, -0.15) is 0 Å². The molecule has 4 rings (SSSR count). The molecule has 0 aromatic rings. The Morgan fingerprint density at radius 1 is 1.13 bits per heavy atom. The van der Waals surface area contributed by atoms with Crippen LogP contribution in [0.25, 0.3) is 0 Å². The summed E-state index contributed by atoms with van der Waals surface area (Å²) in [5.41, 5.74) is -0.303. The van der Waals surface area contributed by atoms with Gasteiger partial charge in [0.2, 0.25) is 0 Å². The van der Waals surface area contributed by atoms with Gasteiger partial charge in [-0.1, -0.05) is 34.1 Å². The van der Waals surface area contributed by atoms with Crippen molar-refractivity contribution in [3.8, 4) is 0 Å². The Balaban J connectivity index is 1.80. The molecule has 4 aliphatic rings. The smallest absolute Gasteiger partial charge is 0.138 e. The Hall–Kier alpha value is -0.830. The van der Waals surface area contributed by atoms with Gasteiger partial charge in [0.05, 0.1) is 11.9 Å². The Labute approximate surface area is 139 Å². The molecule has 5 atom stereocenters.